The predicted molar refractivity (Wildman–Crippen MR) is 66.6 cm³/mol. The summed E-state index contributed by atoms with van der Waals surface area (Å²) in [6.45, 7) is 6.57. The van der Waals surface area contributed by atoms with Crippen molar-refractivity contribution in [3.05, 3.63) is 23.8 Å². The topological polar surface area (TPSA) is 0 Å². The molecule has 0 atom stereocenters. The molecule has 0 aromatic heterocycles. The van der Waals surface area contributed by atoms with Gasteiger partial charge in [0.2, 0.25) is 0 Å². The van der Waals surface area contributed by atoms with Crippen molar-refractivity contribution in [3.8, 4) is 0 Å². The first-order chi connectivity index (χ1) is 6.77. The normalized spacial score (nSPS) is 10.8. The Balaban J connectivity index is 3.15. The lowest BCUT2D eigenvalue weighted by Gasteiger charge is -1.95. The second kappa shape index (κ2) is 10.6. The second-order valence-corrected chi connectivity index (χ2v) is 4.19. The summed E-state index contributed by atoms with van der Waals surface area (Å²) in [7, 11) is 0. The maximum Gasteiger partial charge on any atom is -0.0167 e. The van der Waals surface area contributed by atoms with Crippen molar-refractivity contribution in [2.75, 3.05) is 0 Å². The highest BCUT2D eigenvalue weighted by Crippen LogP contribution is 2.05. The molecule has 0 aromatic rings. The Morgan fingerprint density at radius 3 is 2.29 bits per heavy atom. The van der Waals surface area contributed by atoms with Gasteiger partial charge in [-0.1, -0.05) is 56.4 Å². The van der Waals surface area contributed by atoms with Gasteiger partial charge < -0.3 is 0 Å². The van der Waals surface area contributed by atoms with Crippen molar-refractivity contribution in [1.82, 2.24) is 0 Å². The monoisotopic (exact) mass is 194 g/mol. The standard InChI is InChI=1S/C14H26/c1-4-5-6-7-8-9-10-11-12-13-14(2)3/h10-11,13H,4-9,12H2,1-3H3/b11-10+. The van der Waals surface area contributed by atoms with Crippen LogP contribution < -0.4 is 0 Å². The lowest BCUT2D eigenvalue weighted by molar-refractivity contribution is 0.637. The highest BCUT2D eigenvalue weighted by atomic mass is 13.9. The van der Waals surface area contributed by atoms with Crippen molar-refractivity contribution >= 4 is 0 Å². The van der Waals surface area contributed by atoms with Crippen LogP contribution in [-0.2, 0) is 0 Å². The van der Waals surface area contributed by atoms with Gasteiger partial charge in [-0.2, -0.15) is 0 Å². The van der Waals surface area contributed by atoms with Crippen molar-refractivity contribution < 1.29 is 0 Å². The Kier molecular flexibility index (Phi) is 10.2. The van der Waals surface area contributed by atoms with Gasteiger partial charge in [0.1, 0.15) is 0 Å². The van der Waals surface area contributed by atoms with Crippen molar-refractivity contribution in [2.24, 2.45) is 0 Å². The van der Waals surface area contributed by atoms with Gasteiger partial charge in [0.05, 0.1) is 0 Å². The van der Waals surface area contributed by atoms with E-state index in [1.54, 1.807) is 0 Å². The van der Waals surface area contributed by atoms with Crippen LogP contribution in [0.3, 0.4) is 0 Å². The molecule has 0 saturated heterocycles. The van der Waals surface area contributed by atoms with Crippen LogP contribution >= 0.6 is 0 Å². The highest BCUT2D eigenvalue weighted by Gasteiger charge is 1.85. The molecular formula is C14H26. The Labute approximate surface area is 90.1 Å². The third-order valence-electron chi connectivity index (χ3n) is 2.30. The van der Waals surface area contributed by atoms with E-state index in [0.717, 1.165) is 6.42 Å². The first-order valence-electron chi connectivity index (χ1n) is 6.05. The molecule has 0 bridgehead atoms. The summed E-state index contributed by atoms with van der Waals surface area (Å²) in [5, 5.41) is 0. The highest BCUT2D eigenvalue weighted by molar-refractivity contribution is 4.98. The lowest BCUT2D eigenvalue weighted by Crippen LogP contribution is -1.75. The molecule has 0 saturated carbocycles. The Hall–Kier alpha value is -0.520. The Morgan fingerprint density at radius 1 is 0.929 bits per heavy atom. The summed E-state index contributed by atoms with van der Waals surface area (Å²) in [6.07, 6.45) is 16.2. The molecule has 0 heteroatoms. The van der Waals surface area contributed by atoms with Crippen LogP contribution in [0.15, 0.2) is 23.8 Å². The van der Waals surface area contributed by atoms with E-state index in [1.165, 1.54) is 44.1 Å². The zero-order valence-electron chi connectivity index (χ0n) is 10.2. The fourth-order valence-corrected chi connectivity index (χ4v) is 1.38. The summed E-state index contributed by atoms with van der Waals surface area (Å²) < 4.78 is 0. The van der Waals surface area contributed by atoms with Crippen LogP contribution in [0.5, 0.6) is 0 Å². The fourth-order valence-electron chi connectivity index (χ4n) is 1.38. The maximum absolute atomic E-state index is 2.32. The molecule has 0 aliphatic carbocycles. The molecule has 0 radical (unpaired) electrons. The molecule has 14 heavy (non-hydrogen) atoms. The summed E-state index contributed by atoms with van der Waals surface area (Å²) in [5.41, 5.74) is 1.41. The van der Waals surface area contributed by atoms with E-state index in [9.17, 15) is 0 Å². The lowest BCUT2D eigenvalue weighted by atomic mass is 10.1. The molecule has 82 valence electrons. The van der Waals surface area contributed by atoms with Crippen LogP contribution in [0, 0.1) is 0 Å². The fraction of sp³-hybridized carbons (Fsp3) is 0.714. The molecule has 0 fully saturated rings. The van der Waals surface area contributed by atoms with Crippen LogP contribution in [0.2, 0.25) is 0 Å². The van der Waals surface area contributed by atoms with Gasteiger partial charge in [-0.25, -0.2) is 0 Å². The van der Waals surface area contributed by atoms with Gasteiger partial charge in [-0.3, -0.25) is 0 Å². The van der Waals surface area contributed by atoms with Crippen molar-refractivity contribution in [3.63, 3.8) is 0 Å². The van der Waals surface area contributed by atoms with Gasteiger partial charge in [0.25, 0.3) is 0 Å². The minimum absolute atomic E-state index is 1.11. The zero-order valence-corrected chi connectivity index (χ0v) is 10.2. The van der Waals surface area contributed by atoms with E-state index in [0.29, 0.717) is 0 Å². The Morgan fingerprint density at radius 2 is 1.64 bits per heavy atom. The second-order valence-electron chi connectivity index (χ2n) is 4.19. The van der Waals surface area contributed by atoms with Crippen LogP contribution in [0.25, 0.3) is 0 Å². The zero-order chi connectivity index (χ0) is 10.6. The SMILES string of the molecule is CCCCCCC/C=C/CC=C(C)C. The number of allylic oxidation sites excluding steroid dienone is 4. The first kappa shape index (κ1) is 13.5. The third-order valence-corrected chi connectivity index (χ3v) is 2.30. The van der Waals surface area contributed by atoms with E-state index in [2.05, 4.69) is 39.0 Å². The molecular weight excluding hydrogens is 168 g/mol. The average molecular weight is 194 g/mol. The van der Waals surface area contributed by atoms with Gasteiger partial charge in [0.15, 0.2) is 0 Å². The van der Waals surface area contributed by atoms with Gasteiger partial charge in [0, 0.05) is 0 Å². The van der Waals surface area contributed by atoms with Crippen LogP contribution in [0.4, 0.5) is 0 Å². The van der Waals surface area contributed by atoms with E-state index < -0.39 is 0 Å². The molecule has 0 N–H and O–H groups in total. The van der Waals surface area contributed by atoms with E-state index >= 15 is 0 Å². The summed E-state index contributed by atoms with van der Waals surface area (Å²) >= 11 is 0. The molecule has 0 amide bonds. The molecule has 0 nitrogen and oxygen atoms in total. The van der Waals surface area contributed by atoms with Gasteiger partial charge in [-0.05, 0) is 33.1 Å². The minimum atomic E-state index is 1.11. The molecule has 0 spiro atoms. The molecule has 0 aliphatic rings. The number of rotatable bonds is 8. The summed E-state index contributed by atoms with van der Waals surface area (Å²) in [4.78, 5) is 0. The molecule has 0 aliphatic heterocycles. The van der Waals surface area contributed by atoms with Crippen LogP contribution in [-0.4, -0.2) is 0 Å². The predicted octanol–water partition coefficient (Wildman–Crippen LogP) is 5.26. The number of hydrogen-bond acceptors (Lipinski definition) is 0. The minimum Gasteiger partial charge on any atom is -0.0882 e. The van der Waals surface area contributed by atoms with Crippen molar-refractivity contribution in [2.45, 2.75) is 65.7 Å². The quantitative estimate of drug-likeness (QED) is 0.365. The third kappa shape index (κ3) is 11.5. The summed E-state index contributed by atoms with van der Waals surface area (Å²) in [5.74, 6) is 0. The molecule has 0 rings (SSSR count). The maximum atomic E-state index is 2.32. The van der Waals surface area contributed by atoms with Crippen molar-refractivity contribution in [1.29, 1.82) is 0 Å². The average Bonchev–Trinajstić information content (AvgIpc) is 2.15. The largest absolute Gasteiger partial charge is 0.0882 e. The first-order valence-corrected chi connectivity index (χ1v) is 6.05. The van der Waals surface area contributed by atoms with E-state index in [-0.39, 0.29) is 0 Å². The van der Waals surface area contributed by atoms with Gasteiger partial charge >= 0.3 is 0 Å². The summed E-state index contributed by atoms with van der Waals surface area (Å²) in [6, 6.07) is 0. The van der Waals surface area contributed by atoms with Gasteiger partial charge in [-0.15, -0.1) is 0 Å². The van der Waals surface area contributed by atoms with E-state index in [4.69, 9.17) is 0 Å². The smallest absolute Gasteiger partial charge is 0.0167 e. The Bertz CT molecular complexity index is 159. The molecule has 0 aromatic carbocycles. The number of hydrogen-bond donors (Lipinski definition) is 0. The van der Waals surface area contributed by atoms with E-state index in [1.807, 2.05) is 0 Å². The molecule has 0 heterocycles. The van der Waals surface area contributed by atoms with Crippen LogP contribution in [0.1, 0.15) is 65.7 Å². The molecule has 0 unspecified atom stereocenters. The number of unbranched alkanes of at least 4 members (excludes halogenated alkanes) is 5.